The fraction of sp³-hybridized carbons (Fsp3) is 0.652. The van der Waals surface area contributed by atoms with Gasteiger partial charge in [0, 0.05) is 0 Å². The van der Waals surface area contributed by atoms with Gasteiger partial charge in [-0.1, -0.05) is 43.6 Å². The molecule has 0 radical (unpaired) electrons. The third kappa shape index (κ3) is 3.73. The van der Waals surface area contributed by atoms with Gasteiger partial charge in [0.1, 0.15) is 0 Å². The topological polar surface area (TPSA) is 0 Å². The Morgan fingerprint density at radius 3 is 1.13 bits per heavy atom. The SMILES string of the molecule is C1=C2CCCCCCC2=CC1CCC1C=C2CCCCCC2=C1. The van der Waals surface area contributed by atoms with Crippen LogP contribution in [-0.4, -0.2) is 0 Å². The number of allylic oxidation sites excluding steroid dienone is 8. The average molecular weight is 309 g/mol. The summed E-state index contributed by atoms with van der Waals surface area (Å²) in [6.07, 6.45) is 28.5. The Morgan fingerprint density at radius 2 is 0.783 bits per heavy atom. The maximum Gasteiger partial charge on any atom is -0.00413 e. The van der Waals surface area contributed by atoms with Crippen LogP contribution in [0.2, 0.25) is 0 Å². The summed E-state index contributed by atoms with van der Waals surface area (Å²) in [4.78, 5) is 0. The molecule has 0 aromatic carbocycles. The van der Waals surface area contributed by atoms with Crippen molar-refractivity contribution in [2.45, 2.75) is 83.5 Å². The maximum absolute atomic E-state index is 2.62. The van der Waals surface area contributed by atoms with Crippen molar-refractivity contribution in [1.29, 1.82) is 0 Å². The molecule has 0 aromatic rings. The van der Waals surface area contributed by atoms with Crippen LogP contribution in [0.5, 0.6) is 0 Å². The lowest BCUT2D eigenvalue weighted by molar-refractivity contribution is 0.599. The highest BCUT2D eigenvalue weighted by Gasteiger charge is 2.22. The molecule has 4 aliphatic carbocycles. The van der Waals surface area contributed by atoms with E-state index in [1.54, 1.807) is 22.3 Å². The molecule has 124 valence electrons. The Morgan fingerprint density at radius 1 is 0.478 bits per heavy atom. The van der Waals surface area contributed by atoms with Gasteiger partial charge in [0.25, 0.3) is 0 Å². The van der Waals surface area contributed by atoms with Crippen molar-refractivity contribution >= 4 is 0 Å². The molecule has 23 heavy (non-hydrogen) atoms. The molecule has 0 nitrogen and oxygen atoms in total. The van der Waals surface area contributed by atoms with Crippen molar-refractivity contribution in [3.05, 3.63) is 46.6 Å². The van der Waals surface area contributed by atoms with Crippen LogP contribution in [0, 0.1) is 11.8 Å². The van der Waals surface area contributed by atoms with Gasteiger partial charge in [-0.25, -0.2) is 0 Å². The highest BCUT2D eigenvalue weighted by Crippen LogP contribution is 2.39. The molecule has 0 bridgehead atoms. The molecule has 0 amide bonds. The summed E-state index contributed by atoms with van der Waals surface area (Å²) in [5.41, 5.74) is 6.83. The van der Waals surface area contributed by atoms with Crippen LogP contribution in [0.3, 0.4) is 0 Å². The molecule has 0 heterocycles. The highest BCUT2D eigenvalue weighted by atomic mass is 14.3. The molecular weight excluding hydrogens is 276 g/mol. The Balaban J connectivity index is 1.34. The Labute approximate surface area is 142 Å². The van der Waals surface area contributed by atoms with E-state index in [1.165, 1.54) is 83.5 Å². The van der Waals surface area contributed by atoms with E-state index in [0.717, 1.165) is 11.8 Å². The van der Waals surface area contributed by atoms with Crippen LogP contribution in [0.15, 0.2) is 46.6 Å². The van der Waals surface area contributed by atoms with Crippen molar-refractivity contribution in [2.24, 2.45) is 11.8 Å². The zero-order valence-corrected chi connectivity index (χ0v) is 14.7. The molecule has 2 saturated carbocycles. The Kier molecular flexibility index (Phi) is 4.88. The minimum atomic E-state index is 0.736. The fourth-order valence-electron chi connectivity index (χ4n) is 5.04. The second-order valence-electron chi connectivity index (χ2n) is 8.15. The minimum absolute atomic E-state index is 0.736. The third-order valence-corrected chi connectivity index (χ3v) is 6.35. The zero-order valence-electron chi connectivity index (χ0n) is 14.7. The van der Waals surface area contributed by atoms with Crippen molar-refractivity contribution in [1.82, 2.24) is 0 Å². The van der Waals surface area contributed by atoms with Crippen molar-refractivity contribution < 1.29 is 0 Å². The van der Waals surface area contributed by atoms with Gasteiger partial charge in [-0.2, -0.15) is 0 Å². The van der Waals surface area contributed by atoms with Crippen LogP contribution in [0.4, 0.5) is 0 Å². The third-order valence-electron chi connectivity index (χ3n) is 6.35. The van der Waals surface area contributed by atoms with Gasteiger partial charge in [0.2, 0.25) is 0 Å². The van der Waals surface area contributed by atoms with Gasteiger partial charge in [-0.05, 0) is 98.3 Å². The molecule has 0 heteroatoms. The van der Waals surface area contributed by atoms with Crippen molar-refractivity contribution in [3.8, 4) is 0 Å². The molecule has 0 aromatic heterocycles. The summed E-state index contributed by atoms with van der Waals surface area (Å²) in [6.45, 7) is 0. The summed E-state index contributed by atoms with van der Waals surface area (Å²) in [5, 5.41) is 0. The van der Waals surface area contributed by atoms with Gasteiger partial charge < -0.3 is 0 Å². The van der Waals surface area contributed by atoms with Crippen LogP contribution in [0.1, 0.15) is 83.5 Å². The second-order valence-corrected chi connectivity index (χ2v) is 8.15. The summed E-state index contributed by atoms with van der Waals surface area (Å²) < 4.78 is 0. The highest BCUT2D eigenvalue weighted by molar-refractivity contribution is 5.41. The van der Waals surface area contributed by atoms with E-state index in [-0.39, 0.29) is 0 Å². The van der Waals surface area contributed by atoms with E-state index in [9.17, 15) is 0 Å². The van der Waals surface area contributed by atoms with E-state index in [0.29, 0.717) is 0 Å². The summed E-state index contributed by atoms with van der Waals surface area (Å²) in [7, 11) is 0. The quantitative estimate of drug-likeness (QED) is 0.524. The number of fused-ring (bicyclic) bond motifs is 2. The summed E-state index contributed by atoms with van der Waals surface area (Å²) in [6, 6.07) is 0. The smallest absolute Gasteiger partial charge is 0.00413 e. The summed E-state index contributed by atoms with van der Waals surface area (Å²) >= 11 is 0. The molecule has 0 unspecified atom stereocenters. The molecule has 0 spiro atoms. The van der Waals surface area contributed by atoms with E-state index >= 15 is 0 Å². The Hall–Kier alpha value is -1.04. The normalized spacial score (nSPS) is 26.3. The average Bonchev–Trinajstić information content (AvgIpc) is 3.02. The second kappa shape index (κ2) is 7.24. The van der Waals surface area contributed by atoms with E-state index < -0.39 is 0 Å². The number of rotatable bonds is 3. The molecule has 0 aliphatic heterocycles. The molecular formula is C23H32. The molecule has 4 aliphatic rings. The molecule has 4 rings (SSSR count). The minimum Gasteiger partial charge on any atom is -0.0741 e. The monoisotopic (exact) mass is 308 g/mol. The maximum atomic E-state index is 2.62. The lowest BCUT2D eigenvalue weighted by Crippen LogP contribution is -1.96. The standard InChI is InChI=1S/C23H32/c1-2-5-9-21-15-18(14-20(21)8-4-1)12-13-19-16-22-10-6-3-7-11-23(22)17-19/h14-19H,1-13H2. The van der Waals surface area contributed by atoms with Crippen LogP contribution < -0.4 is 0 Å². The van der Waals surface area contributed by atoms with Crippen molar-refractivity contribution in [2.75, 3.05) is 0 Å². The first-order chi connectivity index (χ1) is 11.4. The largest absolute Gasteiger partial charge is 0.0741 e. The van der Waals surface area contributed by atoms with Gasteiger partial charge in [-0.15, -0.1) is 0 Å². The van der Waals surface area contributed by atoms with Gasteiger partial charge >= 0.3 is 0 Å². The molecule has 2 fully saturated rings. The first-order valence-electron chi connectivity index (χ1n) is 10.2. The lowest BCUT2D eigenvalue weighted by atomic mass is 9.94. The van der Waals surface area contributed by atoms with E-state index in [1.807, 2.05) is 0 Å². The van der Waals surface area contributed by atoms with Crippen LogP contribution in [-0.2, 0) is 0 Å². The number of hydrogen-bond donors (Lipinski definition) is 0. The van der Waals surface area contributed by atoms with Crippen molar-refractivity contribution in [3.63, 3.8) is 0 Å². The molecule has 0 saturated heterocycles. The first-order valence-corrected chi connectivity index (χ1v) is 10.2. The van der Waals surface area contributed by atoms with Crippen LogP contribution in [0.25, 0.3) is 0 Å². The first kappa shape index (κ1) is 15.5. The van der Waals surface area contributed by atoms with Crippen LogP contribution >= 0.6 is 0 Å². The number of hydrogen-bond acceptors (Lipinski definition) is 0. The predicted octanol–water partition coefficient (Wildman–Crippen LogP) is 7.05. The van der Waals surface area contributed by atoms with Gasteiger partial charge in [0.05, 0.1) is 0 Å². The molecule has 0 N–H and O–H groups in total. The van der Waals surface area contributed by atoms with E-state index in [4.69, 9.17) is 0 Å². The Bertz CT molecular complexity index is 509. The fourth-order valence-corrected chi connectivity index (χ4v) is 5.04. The van der Waals surface area contributed by atoms with E-state index in [2.05, 4.69) is 24.3 Å². The lowest BCUT2D eigenvalue weighted by Gasteiger charge is -2.12. The van der Waals surface area contributed by atoms with Gasteiger partial charge in [0.15, 0.2) is 0 Å². The molecule has 0 atom stereocenters. The summed E-state index contributed by atoms with van der Waals surface area (Å²) in [5.74, 6) is 1.48. The zero-order chi connectivity index (χ0) is 15.5. The van der Waals surface area contributed by atoms with Gasteiger partial charge in [-0.3, -0.25) is 0 Å². The predicted molar refractivity (Wildman–Crippen MR) is 99.3 cm³/mol.